The van der Waals surface area contributed by atoms with Crippen molar-refractivity contribution in [2.75, 3.05) is 18.4 Å². The maximum absolute atomic E-state index is 12.7. The van der Waals surface area contributed by atoms with Gasteiger partial charge in [-0.25, -0.2) is 0 Å². The lowest BCUT2D eigenvalue weighted by Crippen LogP contribution is -2.60. The summed E-state index contributed by atoms with van der Waals surface area (Å²) in [6.45, 7) is 5.91. The van der Waals surface area contributed by atoms with E-state index in [2.05, 4.69) is 22.5 Å². The van der Waals surface area contributed by atoms with E-state index < -0.39 is 0 Å². The Morgan fingerprint density at radius 1 is 1.10 bits per heavy atom. The zero-order valence-electron chi connectivity index (χ0n) is 16.9. The zero-order chi connectivity index (χ0) is 20.4. The molecular formula is C23H27N3O2S. The molecule has 0 aliphatic carbocycles. The molecule has 4 atom stereocenters. The highest BCUT2D eigenvalue weighted by molar-refractivity contribution is 7.99. The Labute approximate surface area is 176 Å². The number of fused-ring (bicyclic) bond motifs is 3. The fourth-order valence-corrected chi connectivity index (χ4v) is 5.26. The summed E-state index contributed by atoms with van der Waals surface area (Å²) in [7, 11) is 0. The molecule has 0 spiro atoms. The Kier molecular flexibility index (Phi) is 5.92. The number of nitrogens with zero attached hydrogens (tertiary/aromatic N) is 1. The molecule has 2 aromatic carbocycles. The number of piperidine rings is 3. The van der Waals surface area contributed by atoms with Gasteiger partial charge in [0.1, 0.15) is 0 Å². The van der Waals surface area contributed by atoms with Gasteiger partial charge in [-0.2, -0.15) is 0 Å². The number of rotatable bonds is 5. The van der Waals surface area contributed by atoms with Crippen LogP contribution in [-0.2, 0) is 4.79 Å². The Balaban J connectivity index is 1.39. The van der Waals surface area contributed by atoms with Crippen LogP contribution in [0.2, 0.25) is 0 Å². The molecule has 2 amide bonds. The maximum Gasteiger partial charge on any atom is 0.251 e. The predicted octanol–water partition coefficient (Wildman–Crippen LogP) is 4.01. The number of hydrogen-bond donors (Lipinski definition) is 2. The van der Waals surface area contributed by atoms with Crippen LogP contribution < -0.4 is 10.6 Å². The summed E-state index contributed by atoms with van der Waals surface area (Å²) in [5.41, 5.74) is 1.48. The van der Waals surface area contributed by atoms with E-state index in [1.54, 1.807) is 11.8 Å². The number of hydrogen-bond acceptors (Lipinski definition) is 4. The third-order valence-electron chi connectivity index (χ3n) is 5.91. The van der Waals surface area contributed by atoms with Crippen molar-refractivity contribution in [2.24, 2.45) is 5.92 Å². The third-order valence-corrected chi connectivity index (χ3v) is 7.00. The summed E-state index contributed by atoms with van der Waals surface area (Å²) < 4.78 is 0. The summed E-state index contributed by atoms with van der Waals surface area (Å²) in [6.07, 6.45) is 2.35. The number of carbonyl (C=O) groups excluding carboxylic acids is 2. The molecule has 5 nitrogen and oxygen atoms in total. The first-order valence-corrected chi connectivity index (χ1v) is 11.0. The topological polar surface area (TPSA) is 61.4 Å². The quantitative estimate of drug-likeness (QED) is 0.783. The van der Waals surface area contributed by atoms with Crippen LogP contribution in [0.15, 0.2) is 58.3 Å². The number of carbonyl (C=O) groups is 2. The van der Waals surface area contributed by atoms with Gasteiger partial charge in [0.2, 0.25) is 5.91 Å². The summed E-state index contributed by atoms with van der Waals surface area (Å²) in [4.78, 5) is 28.6. The van der Waals surface area contributed by atoms with E-state index in [9.17, 15) is 9.59 Å². The van der Waals surface area contributed by atoms with E-state index in [4.69, 9.17) is 0 Å². The van der Waals surface area contributed by atoms with E-state index >= 15 is 0 Å². The second-order valence-electron chi connectivity index (χ2n) is 8.01. The molecule has 29 heavy (non-hydrogen) atoms. The first-order chi connectivity index (χ1) is 14.0. The van der Waals surface area contributed by atoms with Gasteiger partial charge < -0.3 is 10.6 Å². The molecule has 4 unspecified atom stereocenters. The highest BCUT2D eigenvalue weighted by Crippen LogP contribution is 2.34. The van der Waals surface area contributed by atoms with Gasteiger partial charge in [-0.15, -0.1) is 0 Å². The van der Waals surface area contributed by atoms with Gasteiger partial charge in [0.25, 0.3) is 5.91 Å². The molecule has 152 valence electrons. The molecule has 6 heteroatoms. The monoisotopic (exact) mass is 409 g/mol. The number of anilines is 1. The number of nitrogens with one attached hydrogen (secondary N) is 2. The van der Waals surface area contributed by atoms with Crippen molar-refractivity contribution in [3.05, 3.63) is 54.1 Å². The fourth-order valence-electron chi connectivity index (χ4n) is 4.36. The van der Waals surface area contributed by atoms with E-state index in [-0.39, 0.29) is 17.9 Å². The van der Waals surface area contributed by atoms with Gasteiger partial charge in [0, 0.05) is 40.9 Å². The van der Waals surface area contributed by atoms with Gasteiger partial charge in [0.05, 0.1) is 5.69 Å². The van der Waals surface area contributed by atoms with Crippen molar-refractivity contribution in [3.63, 3.8) is 0 Å². The first-order valence-electron chi connectivity index (χ1n) is 10.2. The van der Waals surface area contributed by atoms with E-state index in [1.807, 2.05) is 48.5 Å². The summed E-state index contributed by atoms with van der Waals surface area (Å²) in [5, 5.41) is 6.11. The zero-order valence-corrected chi connectivity index (χ0v) is 17.7. The molecule has 0 saturated carbocycles. The Hall–Kier alpha value is -2.31. The normalized spacial score (nSPS) is 25.4. The van der Waals surface area contributed by atoms with Crippen LogP contribution in [0, 0.1) is 5.92 Å². The van der Waals surface area contributed by atoms with Crippen molar-refractivity contribution < 1.29 is 9.59 Å². The smallest absolute Gasteiger partial charge is 0.251 e. The van der Waals surface area contributed by atoms with Crippen LogP contribution in [0.1, 0.15) is 37.0 Å². The molecule has 3 aliphatic heterocycles. The fraction of sp³-hybridized carbons (Fsp3) is 0.391. The molecular weight excluding hydrogens is 382 g/mol. The van der Waals surface area contributed by atoms with E-state index in [0.717, 1.165) is 28.6 Å². The minimum absolute atomic E-state index is 0.00611. The van der Waals surface area contributed by atoms with Gasteiger partial charge in [-0.05, 0) is 68.6 Å². The molecule has 3 heterocycles. The van der Waals surface area contributed by atoms with Gasteiger partial charge >= 0.3 is 0 Å². The molecule has 5 rings (SSSR count). The number of benzene rings is 2. The minimum atomic E-state index is -0.0906. The maximum atomic E-state index is 12.7. The molecule has 2 N–H and O–H groups in total. The number of amides is 2. The lowest BCUT2D eigenvalue weighted by molar-refractivity contribution is -0.114. The van der Waals surface area contributed by atoms with E-state index in [1.165, 1.54) is 19.8 Å². The Morgan fingerprint density at radius 3 is 2.52 bits per heavy atom. The van der Waals surface area contributed by atoms with Gasteiger partial charge in [-0.1, -0.05) is 23.9 Å². The summed E-state index contributed by atoms with van der Waals surface area (Å²) in [5.74, 6) is 0.512. The van der Waals surface area contributed by atoms with Crippen molar-refractivity contribution in [1.82, 2.24) is 10.2 Å². The Bertz CT molecular complexity index is 899. The molecule has 3 fully saturated rings. The minimum Gasteiger partial charge on any atom is -0.348 e. The second kappa shape index (κ2) is 8.59. The highest BCUT2D eigenvalue weighted by Gasteiger charge is 2.38. The molecule has 2 bridgehead atoms. The Morgan fingerprint density at radius 2 is 1.86 bits per heavy atom. The van der Waals surface area contributed by atoms with Crippen LogP contribution >= 0.6 is 11.8 Å². The SMILES string of the molecule is CC(=O)Nc1ccccc1Sc1ccc(C(=O)NC2CN3CCC2CC3C)cc1. The van der Waals surface area contributed by atoms with Crippen LogP contribution in [-0.4, -0.2) is 41.9 Å². The average molecular weight is 410 g/mol. The molecule has 3 aliphatic rings. The first kappa shape index (κ1) is 20.0. The molecule has 0 radical (unpaired) electrons. The third kappa shape index (κ3) is 4.65. The largest absolute Gasteiger partial charge is 0.348 e. The molecule has 2 aromatic rings. The van der Waals surface area contributed by atoms with Crippen LogP contribution in [0.4, 0.5) is 5.69 Å². The van der Waals surface area contributed by atoms with Crippen molar-refractivity contribution in [2.45, 2.75) is 48.6 Å². The van der Waals surface area contributed by atoms with Crippen molar-refractivity contribution >= 4 is 29.3 Å². The van der Waals surface area contributed by atoms with E-state index in [0.29, 0.717) is 17.5 Å². The summed E-state index contributed by atoms with van der Waals surface area (Å²) in [6, 6.07) is 16.3. The van der Waals surface area contributed by atoms with Gasteiger partial charge in [-0.3, -0.25) is 14.5 Å². The predicted molar refractivity (Wildman–Crippen MR) is 116 cm³/mol. The lowest BCUT2D eigenvalue weighted by atomic mass is 9.80. The van der Waals surface area contributed by atoms with Gasteiger partial charge in [0.15, 0.2) is 0 Å². The highest BCUT2D eigenvalue weighted by atomic mass is 32.2. The van der Waals surface area contributed by atoms with Crippen LogP contribution in [0.5, 0.6) is 0 Å². The molecule has 0 aromatic heterocycles. The van der Waals surface area contributed by atoms with Crippen molar-refractivity contribution in [1.29, 1.82) is 0 Å². The second-order valence-corrected chi connectivity index (χ2v) is 9.13. The van der Waals surface area contributed by atoms with Crippen LogP contribution in [0.25, 0.3) is 0 Å². The van der Waals surface area contributed by atoms with Crippen molar-refractivity contribution in [3.8, 4) is 0 Å². The number of para-hydroxylation sites is 1. The lowest BCUT2D eigenvalue weighted by Gasteiger charge is -2.48. The standard InChI is InChI=1S/C23H27N3O2S/c1-15-13-18-11-12-26(15)14-21(18)25-23(28)17-7-9-19(10-8-17)29-22-6-4-3-5-20(22)24-16(2)27/h3-10,15,18,21H,11-14H2,1-2H3,(H,24,27)(H,25,28). The average Bonchev–Trinajstić information content (AvgIpc) is 2.70. The summed E-state index contributed by atoms with van der Waals surface area (Å²) >= 11 is 1.57. The molecule has 3 saturated heterocycles. The van der Waals surface area contributed by atoms with Crippen LogP contribution in [0.3, 0.4) is 0 Å².